The second-order valence-electron chi connectivity index (χ2n) is 7.15. The highest BCUT2D eigenvalue weighted by Crippen LogP contribution is 2.33. The third-order valence-corrected chi connectivity index (χ3v) is 5.37. The van der Waals surface area contributed by atoms with Crippen LogP contribution in [0.25, 0.3) is 22.2 Å². The zero-order valence-electron chi connectivity index (χ0n) is 16.5. The molecule has 0 saturated heterocycles. The number of hydrogen-bond donors (Lipinski definition) is 1. The molecule has 0 fully saturated rings. The SMILES string of the molecule is Cn1cc(-c2cc(NS(C)(=O)=O)ccc2Cc2ccc(F)cc2F)c2ncoc2c1=O. The zero-order chi connectivity index (χ0) is 22.3. The maximum atomic E-state index is 14.3. The minimum absolute atomic E-state index is 0.0420. The van der Waals surface area contributed by atoms with Gasteiger partial charge in [-0.3, -0.25) is 9.52 Å². The van der Waals surface area contributed by atoms with Crippen LogP contribution in [0.15, 0.2) is 58.2 Å². The number of sulfonamides is 1. The molecule has 0 aliphatic heterocycles. The number of benzene rings is 2. The van der Waals surface area contributed by atoms with Crippen LogP contribution in [0.2, 0.25) is 0 Å². The van der Waals surface area contributed by atoms with E-state index in [0.717, 1.165) is 18.7 Å². The Morgan fingerprint density at radius 1 is 1.10 bits per heavy atom. The second-order valence-corrected chi connectivity index (χ2v) is 8.90. The molecule has 0 aliphatic carbocycles. The summed E-state index contributed by atoms with van der Waals surface area (Å²) in [6.45, 7) is 0. The molecule has 4 rings (SSSR count). The van der Waals surface area contributed by atoms with Gasteiger partial charge in [-0.05, 0) is 34.9 Å². The van der Waals surface area contributed by atoms with Crippen LogP contribution in [0, 0.1) is 11.6 Å². The summed E-state index contributed by atoms with van der Waals surface area (Å²) in [5, 5.41) is 0. The first-order valence-electron chi connectivity index (χ1n) is 9.10. The first-order valence-corrected chi connectivity index (χ1v) is 11.0. The number of fused-ring (bicyclic) bond motifs is 1. The summed E-state index contributed by atoms with van der Waals surface area (Å²) < 4.78 is 60.0. The van der Waals surface area contributed by atoms with E-state index >= 15 is 0 Å². The van der Waals surface area contributed by atoms with Crippen LogP contribution < -0.4 is 10.3 Å². The molecule has 0 bridgehead atoms. The van der Waals surface area contributed by atoms with Crippen LogP contribution in [0.5, 0.6) is 0 Å². The average molecular weight is 445 g/mol. The number of halogens is 2. The lowest BCUT2D eigenvalue weighted by Crippen LogP contribution is -2.16. The van der Waals surface area contributed by atoms with Crippen molar-refractivity contribution in [3.8, 4) is 11.1 Å². The van der Waals surface area contributed by atoms with E-state index in [9.17, 15) is 22.0 Å². The number of hydrogen-bond acceptors (Lipinski definition) is 5. The Balaban J connectivity index is 1.94. The van der Waals surface area contributed by atoms with Crippen molar-refractivity contribution < 1.29 is 21.6 Å². The van der Waals surface area contributed by atoms with Gasteiger partial charge in [-0.1, -0.05) is 12.1 Å². The first kappa shape index (κ1) is 20.7. The second kappa shape index (κ2) is 7.62. The fraction of sp³-hybridized carbons (Fsp3) is 0.143. The van der Waals surface area contributed by atoms with Crippen LogP contribution >= 0.6 is 0 Å². The van der Waals surface area contributed by atoms with Crippen molar-refractivity contribution in [2.24, 2.45) is 7.05 Å². The van der Waals surface area contributed by atoms with Gasteiger partial charge in [0.05, 0.1) is 6.26 Å². The van der Waals surface area contributed by atoms with Gasteiger partial charge >= 0.3 is 0 Å². The van der Waals surface area contributed by atoms with E-state index in [2.05, 4.69) is 9.71 Å². The maximum absolute atomic E-state index is 14.3. The van der Waals surface area contributed by atoms with Crippen molar-refractivity contribution in [3.63, 3.8) is 0 Å². The molecule has 31 heavy (non-hydrogen) atoms. The number of nitrogens with one attached hydrogen (secondary N) is 1. The lowest BCUT2D eigenvalue weighted by atomic mass is 9.94. The largest absolute Gasteiger partial charge is 0.438 e. The molecule has 0 unspecified atom stereocenters. The van der Waals surface area contributed by atoms with Gasteiger partial charge in [0.25, 0.3) is 5.56 Å². The smallest absolute Gasteiger partial charge is 0.295 e. The van der Waals surface area contributed by atoms with Crippen molar-refractivity contribution in [1.29, 1.82) is 0 Å². The lowest BCUT2D eigenvalue weighted by Gasteiger charge is -2.14. The lowest BCUT2D eigenvalue weighted by molar-refractivity contribution is 0.574. The fourth-order valence-electron chi connectivity index (χ4n) is 3.39. The Bertz CT molecular complexity index is 1480. The minimum Gasteiger partial charge on any atom is -0.438 e. The molecular formula is C21H17F2N3O4S. The molecular weight excluding hydrogens is 428 g/mol. The third kappa shape index (κ3) is 4.19. The highest BCUT2D eigenvalue weighted by molar-refractivity contribution is 7.92. The van der Waals surface area contributed by atoms with E-state index in [-0.39, 0.29) is 28.8 Å². The number of rotatable bonds is 5. The van der Waals surface area contributed by atoms with Gasteiger partial charge in [0, 0.05) is 37.0 Å². The molecule has 2 aromatic heterocycles. The van der Waals surface area contributed by atoms with Gasteiger partial charge in [0.15, 0.2) is 6.39 Å². The zero-order valence-corrected chi connectivity index (χ0v) is 17.3. The standard InChI is InChI=1S/C21H17F2N3O4S/c1-26-10-17(19-20(21(26)27)30-11-24-19)16-9-15(25-31(2,28)29)6-4-12(16)7-13-3-5-14(22)8-18(13)23/h3-6,8-11,25H,7H2,1-2H3. The van der Waals surface area contributed by atoms with E-state index in [0.29, 0.717) is 22.2 Å². The average Bonchev–Trinajstić information content (AvgIpc) is 3.17. The summed E-state index contributed by atoms with van der Waals surface area (Å²) in [6.07, 6.45) is 3.82. The molecule has 160 valence electrons. The molecule has 0 atom stereocenters. The third-order valence-electron chi connectivity index (χ3n) is 4.76. The van der Waals surface area contributed by atoms with Crippen molar-refractivity contribution in [2.75, 3.05) is 11.0 Å². The van der Waals surface area contributed by atoms with Crippen LogP contribution in [0.4, 0.5) is 14.5 Å². The van der Waals surface area contributed by atoms with E-state index in [1.54, 1.807) is 31.4 Å². The van der Waals surface area contributed by atoms with E-state index in [1.165, 1.54) is 16.7 Å². The molecule has 0 aliphatic rings. The molecule has 0 saturated carbocycles. The summed E-state index contributed by atoms with van der Waals surface area (Å²) >= 11 is 0. The van der Waals surface area contributed by atoms with Crippen LogP contribution in [-0.4, -0.2) is 24.2 Å². The van der Waals surface area contributed by atoms with E-state index in [1.807, 2.05) is 0 Å². The highest BCUT2D eigenvalue weighted by atomic mass is 32.2. The summed E-state index contributed by atoms with van der Waals surface area (Å²) in [6, 6.07) is 8.08. The summed E-state index contributed by atoms with van der Waals surface area (Å²) in [4.78, 5) is 16.5. The Labute approximate surface area is 176 Å². The Kier molecular flexibility index (Phi) is 5.10. The van der Waals surface area contributed by atoms with Crippen LogP contribution in [0.3, 0.4) is 0 Å². The van der Waals surface area contributed by atoms with Crippen LogP contribution in [-0.2, 0) is 23.5 Å². The van der Waals surface area contributed by atoms with Gasteiger partial charge in [-0.25, -0.2) is 22.2 Å². The summed E-state index contributed by atoms with van der Waals surface area (Å²) in [7, 11) is -2.00. The molecule has 7 nitrogen and oxygen atoms in total. The van der Waals surface area contributed by atoms with Gasteiger partial charge in [-0.15, -0.1) is 0 Å². The first-order chi connectivity index (χ1) is 14.6. The highest BCUT2D eigenvalue weighted by Gasteiger charge is 2.18. The van der Waals surface area contributed by atoms with Gasteiger partial charge < -0.3 is 8.98 Å². The van der Waals surface area contributed by atoms with Crippen LogP contribution in [0.1, 0.15) is 11.1 Å². The molecule has 1 N–H and O–H groups in total. The number of aromatic nitrogens is 2. The minimum atomic E-state index is -3.55. The normalized spacial score (nSPS) is 11.7. The van der Waals surface area contributed by atoms with Gasteiger partial charge in [-0.2, -0.15) is 0 Å². The molecule has 0 amide bonds. The number of nitrogens with zero attached hydrogens (tertiary/aromatic N) is 2. The fourth-order valence-corrected chi connectivity index (χ4v) is 3.94. The molecule has 2 heterocycles. The van der Waals surface area contributed by atoms with Crippen molar-refractivity contribution in [3.05, 3.63) is 82.1 Å². The van der Waals surface area contributed by atoms with E-state index < -0.39 is 21.7 Å². The molecule has 10 heteroatoms. The summed E-state index contributed by atoms with van der Waals surface area (Å²) in [5.74, 6) is -1.38. The predicted molar refractivity (Wildman–Crippen MR) is 112 cm³/mol. The monoisotopic (exact) mass is 445 g/mol. The number of oxazole rings is 1. The van der Waals surface area contributed by atoms with Crippen molar-refractivity contribution in [1.82, 2.24) is 9.55 Å². The number of pyridine rings is 1. The molecule has 0 spiro atoms. The quantitative estimate of drug-likeness (QED) is 0.508. The van der Waals surface area contributed by atoms with Crippen molar-refractivity contribution >= 4 is 26.8 Å². The Morgan fingerprint density at radius 3 is 2.55 bits per heavy atom. The molecule has 2 aromatic carbocycles. The van der Waals surface area contributed by atoms with E-state index in [4.69, 9.17) is 4.42 Å². The molecule has 4 aromatic rings. The number of aryl methyl sites for hydroxylation is 1. The van der Waals surface area contributed by atoms with Gasteiger partial charge in [0.2, 0.25) is 15.6 Å². The van der Waals surface area contributed by atoms with Crippen molar-refractivity contribution in [2.45, 2.75) is 6.42 Å². The number of anilines is 1. The molecule has 0 radical (unpaired) electrons. The summed E-state index contributed by atoms with van der Waals surface area (Å²) in [5.41, 5.74) is 2.13. The topological polar surface area (TPSA) is 94.2 Å². The Morgan fingerprint density at radius 2 is 1.84 bits per heavy atom. The maximum Gasteiger partial charge on any atom is 0.295 e. The predicted octanol–water partition coefficient (Wildman–Crippen LogP) is 3.43. The Hall–Kier alpha value is -3.53. The van der Waals surface area contributed by atoms with Gasteiger partial charge in [0.1, 0.15) is 17.2 Å².